The van der Waals surface area contributed by atoms with Crippen molar-refractivity contribution < 1.29 is 9.47 Å². The van der Waals surface area contributed by atoms with Crippen LogP contribution in [0, 0.1) is 0 Å². The van der Waals surface area contributed by atoms with Gasteiger partial charge in [0.2, 0.25) is 5.88 Å². The monoisotopic (exact) mass is 270 g/mol. The molecule has 0 radical (unpaired) electrons. The Morgan fingerprint density at radius 2 is 2.33 bits per heavy atom. The Balaban J connectivity index is 1.91. The standard InChI is InChI=1S/C13H19ClN2O2/c1-2-5-12-15-11(14)8-13(16-12)18-9-10-6-3-4-7-17-10/h8,10H,2-7,9H2,1H3. The van der Waals surface area contributed by atoms with E-state index in [4.69, 9.17) is 21.1 Å². The molecule has 0 aromatic carbocycles. The van der Waals surface area contributed by atoms with Crippen molar-refractivity contribution in [2.75, 3.05) is 13.2 Å². The zero-order valence-corrected chi connectivity index (χ0v) is 11.4. The van der Waals surface area contributed by atoms with Gasteiger partial charge in [-0.3, -0.25) is 0 Å². The van der Waals surface area contributed by atoms with Gasteiger partial charge >= 0.3 is 0 Å². The molecule has 1 unspecified atom stereocenters. The molecule has 1 aromatic heterocycles. The summed E-state index contributed by atoms with van der Waals surface area (Å²) in [5.41, 5.74) is 0. The summed E-state index contributed by atoms with van der Waals surface area (Å²) < 4.78 is 11.3. The van der Waals surface area contributed by atoms with Crippen LogP contribution in [0.4, 0.5) is 0 Å². The van der Waals surface area contributed by atoms with Crippen molar-refractivity contribution in [3.63, 3.8) is 0 Å². The lowest BCUT2D eigenvalue weighted by atomic mass is 10.1. The molecular formula is C13H19ClN2O2. The van der Waals surface area contributed by atoms with Crippen molar-refractivity contribution in [3.05, 3.63) is 17.0 Å². The van der Waals surface area contributed by atoms with Gasteiger partial charge in [-0.05, 0) is 25.7 Å². The molecule has 0 amide bonds. The summed E-state index contributed by atoms with van der Waals surface area (Å²) in [6.07, 6.45) is 5.40. The van der Waals surface area contributed by atoms with E-state index in [2.05, 4.69) is 16.9 Å². The van der Waals surface area contributed by atoms with Crippen molar-refractivity contribution >= 4 is 11.6 Å². The van der Waals surface area contributed by atoms with E-state index in [-0.39, 0.29) is 6.10 Å². The molecule has 1 fully saturated rings. The van der Waals surface area contributed by atoms with Crippen LogP contribution in [0.15, 0.2) is 6.07 Å². The molecule has 5 heteroatoms. The van der Waals surface area contributed by atoms with Gasteiger partial charge in [0.05, 0.1) is 6.10 Å². The Morgan fingerprint density at radius 1 is 1.44 bits per heavy atom. The molecule has 1 saturated heterocycles. The second-order valence-electron chi connectivity index (χ2n) is 4.49. The summed E-state index contributed by atoms with van der Waals surface area (Å²) >= 11 is 5.94. The van der Waals surface area contributed by atoms with Crippen LogP contribution in [0.5, 0.6) is 5.88 Å². The summed E-state index contributed by atoms with van der Waals surface area (Å²) in [6, 6.07) is 1.66. The van der Waals surface area contributed by atoms with Gasteiger partial charge < -0.3 is 9.47 Å². The maximum atomic E-state index is 5.94. The van der Waals surface area contributed by atoms with Crippen molar-refractivity contribution in [2.45, 2.75) is 45.1 Å². The molecule has 1 aromatic rings. The second-order valence-corrected chi connectivity index (χ2v) is 4.88. The quantitative estimate of drug-likeness (QED) is 0.772. The van der Waals surface area contributed by atoms with Crippen molar-refractivity contribution in [2.24, 2.45) is 0 Å². The molecule has 0 saturated carbocycles. The second kappa shape index (κ2) is 6.90. The molecule has 18 heavy (non-hydrogen) atoms. The Kier molecular flexibility index (Phi) is 5.20. The Bertz CT molecular complexity index is 381. The van der Waals surface area contributed by atoms with Crippen LogP contribution in [0.3, 0.4) is 0 Å². The summed E-state index contributed by atoms with van der Waals surface area (Å²) in [4.78, 5) is 8.50. The smallest absolute Gasteiger partial charge is 0.218 e. The van der Waals surface area contributed by atoms with Crippen LogP contribution in [-0.4, -0.2) is 29.3 Å². The van der Waals surface area contributed by atoms with Crippen LogP contribution >= 0.6 is 11.6 Å². The number of halogens is 1. The Morgan fingerprint density at radius 3 is 3.06 bits per heavy atom. The number of hydrogen-bond donors (Lipinski definition) is 0. The third-order valence-corrected chi connectivity index (χ3v) is 3.08. The summed E-state index contributed by atoms with van der Waals surface area (Å²) in [7, 11) is 0. The Hall–Kier alpha value is -0.870. The fourth-order valence-electron chi connectivity index (χ4n) is 1.97. The highest BCUT2D eigenvalue weighted by atomic mass is 35.5. The third kappa shape index (κ3) is 4.10. The lowest BCUT2D eigenvalue weighted by molar-refractivity contribution is -0.0120. The fraction of sp³-hybridized carbons (Fsp3) is 0.692. The van der Waals surface area contributed by atoms with E-state index in [9.17, 15) is 0 Å². The number of rotatable bonds is 5. The minimum atomic E-state index is 0.183. The van der Waals surface area contributed by atoms with Crippen LogP contribution in [0.2, 0.25) is 5.15 Å². The van der Waals surface area contributed by atoms with Crippen LogP contribution in [0.25, 0.3) is 0 Å². The first-order valence-electron chi connectivity index (χ1n) is 6.56. The SMILES string of the molecule is CCCc1nc(Cl)cc(OCC2CCCCO2)n1. The zero-order chi connectivity index (χ0) is 12.8. The predicted octanol–water partition coefficient (Wildman–Crippen LogP) is 3.03. The van der Waals surface area contributed by atoms with Crippen LogP contribution in [-0.2, 0) is 11.2 Å². The number of ether oxygens (including phenoxy) is 2. The van der Waals surface area contributed by atoms with Crippen LogP contribution < -0.4 is 4.74 Å². The van der Waals surface area contributed by atoms with Gasteiger partial charge in [-0.1, -0.05) is 18.5 Å². The average molecular weight is 271 g/mol. The molecular weight excluding hydrogens is 252 g/mol. The fourth-order valence-corrected chi connectivity index (χ4v) is 2.16. The highest BCUT2D eigenvalue weighted by Gasteiger charge is 2.15. The van der Waals surface area contributed by atoms with E-state index in [1.165, 1.54) is 6.42 Å². The first kappa shape index (κ1) is 13.6. The first-order chi connectivity index (χ1) is 8.78. The predicted molar refractivity (Wildman–Crippen MR) is 70.1 cm³/mol. The highest BCUT2D eigenvalue weighted by molar-refractivity contribution is 6.29. The molecule has 0 bridgehead atoms. The number of nitrogens with zero attached hydrogens (tertiary/aromatic N) is 2. The minimum Gasteiger partial charge on any atom is -0.475 e. The third-order valence-electron chi connectivity index (χ3n) is 2.88. The molecule has 0 N–H and O–H groups in total. The summed E-state index contributed by atoms with van der Waals surface area (Å²) in [5, 5.41) is 0.438. The van der Waals surface area contributed by atoms with Gasteiger partial charge in [-0.2, -0.15) is 4.98 Å². The topological polar surface area (TPSA) is 44.2 Å². The summed E-state index contributed by atoms with van der Waals surface area (Å²) in [5.74, 6) is 1.29. The minimum absolute atomic E-state index is 0.183. The highest BCUT2D eigenvalue weighted by Crippen LogP contribution is 2.17. The largest absolute Gasteiger partial charge is 0.475 e. The van der Waals surface area contributed by atoms with Crippen molar-refractivity contribution in [3.8, 4) is 5.88 Å². The maximum absolute atomic E-state index is 5.94. The van der Waals surface area contributed by atoms with Crippen LogP contribution in [0.1, 0.15) is 38.4 Å². The zero-order valence-electron chi connectivity index (χ0n) is 10.7. The lowest BCUT2D eigenvalue weighted by Crippen LogP contribution is -2.26. The van der Waals surface area contributed by atoms with Gasteiger partial charge in [-0.15, -0.1) is 0 Å². The molecule has 1 aliphatic rings. The number of aromatic nitrogens is 2. The molecule has 2 heterocycles. The van der Waals surface area contributed by atoms with E-state index in [0.29, 0.717) is 17.6 Å². The van der Waals surface area contributed by atoms with E-state index in [1.54, 1.807) is 6.07 Å². The molecule has 4 nitrogen and oxygen atoms in total. The molecule has 1 atom stereocenters. The molecule has 100 valence electrons. The maximum Gasteiger partial charge on any atom is 0.218 e. The normalized spacial score (nSPS) is 19.8. The molecule has 0 spiro atoms. The molecule has 2 rings (SSSR count). The first-order valence-corrected chi connectivity index (χ1v) is 6.93. The van der Waals surface area contributed by atoms with Gasteiger partial charge in [0.25, 0.3) is 0 Å². The number of hydrogen-bond acceptors (Lipinski definition) is 4. The molecule has 1 aliphatic heterocycles. The van der Waals surface area contributed by atoms with E-state index in [1.807, 2.05) is 0 Å². The van der Waals surface area contributed by atoms with Gasteiger partial charge in [0, 0.05) is 19.1 Å². The average Bonchev–Trinajstić information content (AvgIpc) is 2.37. The van der Waals surface area contributed by atoms with Crippen molar-refractivity contribution in [1.29, 1.82) is 0 Å². The lowest BCUT2D eigenvalue weighted by Gasteiger charge is -2.22. The van der Waals surface area contributed by atoms with Crippen molar-refractivity contribution in [1.82, 2.24) is 9.97 Å². The Labute approximate surface area is 113 Å². The van der Waals surface area contributed by atoms with E-state index >= 15 is 0 Å². The van der Waals surface area contributed by atoms with Gasteiger partial charge in [0.15, 0.2) is 0 Å². The number of aryl methyl sites for hydroxylation is 1. The summed E-state index contributed by atoms with van der Waals surface area (Å²) in [6.45, 7) is 3.46. The van der Waals surface area contributed by atoms with E-state index < -0.39 is 0 Å². The van der Waals surface area contributed by atoms with Gasteiger partial charge in [-0.25, -0.2) is 4.98 Å². The van der Waals surface area contributed by atoms with E-state index in [0.717, 1.165) is 38.1 Å². The molecule has 0 aliphatic carbocycles. The van der Waals surface area contributed by atoms with Gasteiger partial charge in [0.1, 0.15) is 17.6 Å².